The van der Waals surface area contributed by atoms with Gasteiger partial charge in [-0.05, 0) is 6.66 Å². The van der Waals surface area contributed by atoms with Crippen molar-refractivity contribution in [1.82, 2.24) is 5.09 Å². The molecule has 0 bridgehead atoms. The van der Waals surface area contributed by atoms with Gasteiger partial charge in [0.25, 0.3) is 0 Å². The van der Waals surface area contributed by atoms with Gasteiger partial charge in [0, 0.05) is 0 Å². The summed E-state index contributed by atoms with van der Waals surface area (Å²) in [5.74, 6) is 0. The van der Waals surface area contributed by atoms with Gasteiger partial charge in [-0.1, -0.05) is 0 Å². The van der Waals surface area contributed by atoms with E-state index in [1.807, 2.05) is 5.09 Å². The van der Waals surface area contributed by atoms with Gasteiger partial charge in [0.1, 0.15) is 18.3 Å². The maximum absolute atomic E-state index is 11.0. The van der Waals surface area contributed by atoms with E-state index in [9.17, 15) is 39.1 Å². The van der Waals surface area contributed by atoms with E-state index in [1.54, 1.807) is 0 Å². The third kappa shape index (κ3) is 5.47. The van der Waals surface area contributed by atoms with Crippen LogP contribution in [0.2, 0.25) is 0 Å². The number of aliphatic hydroxyl groups is 3. The highest BCUT2D eigenvalue weighted by atomic mass is 31.2. The third-order valence-corrected chi connectivity index (χ3v) is 3.73. The summed E-state index contributed by atoms with van der Waals surface area (Å²) in [5, 5.41) is 30.7. The molecule has 0 radical (unpaired) electrons. The first-order chi connectivity index (χ1) is 8.91. The molecule has 0 aromatic rings. The van der Waals surface area contributed by atoms with Crippen LogP contribution in [0.25, 0.3) is 0 Å². The Kier molecular flexibility index (Phi) is 5.87. The van der Waals surface area contributed by atoms with Gasteiger partial charge in [-0.3, -0.25) is 5.09 Å². The molecule has 0 amide bonds. The molecule has 120 valence electrons. The van der Waals surface area contributed by atoms with Crippen LogP contribution in [-0.4, -0.2) is 59.2 Å². The average molecular weight is 334 g/mol. The van der Waals surface area contributed by atoms with Crippen LogP contribution < -0.4 is 19.8 Å². The summed E-state index contributed by atoms with van der Waals surface area (Å²) in [6.07, 6.45) is -6.93. The normalized spacial score (nSPS) is 38.5. The lowest BCUT2D eigenvalue weighted by molar-refractivity contribution is -0.345. The van der Waals surface area contributed by atoms with Crippen LogP contribution in [0, 0.1) is 0 Å². The second kappa shape index (κ2) is 6.47. The van der Waals surface area contributed by atoms with Gasteiger partial charge in [0.05, 0.1) is 28.0 Å². The van der Waals surface area contributed by atoms with Crippen LogP contribution in [0.15, 0.2) is 0 Å². The van der Waals surface area contributed by atoms with Gasteiger partial charge in [0.15, 0.2) is 6.29 Å². The first-order valence-corrected chi connectivity index (χ1v) is 8.86. The highest BCUT2D eigenvalue weighted by Crippen LogP contribution is 2.31. The summed E-state index contributed by atoms with van der Waals surface area (Å²) < 4.78 is 29.9. The Morgan fingerprint density at radius 3 is 2.20 bits per heavy atom. The van der Waals surface area contributed by atoms with Crippen molar-refractivity contribution >= 4 is 15.3 Å². The molecular formula is C7H14NO10P2-3. The van der Waals surface area contributed by atoms with Crippen molar-refractivity contribution in [2.75, 3.05) is 13.3 Å². The van der Waals surface area contributed by atoms with Crippen molar-refractivity contribution in [2.45, 2.75) is 30.6 Å². The molecule has 1 fully saturated rings. The summed E-state index contributed by atoms with van der Waals surface area (Å²) in [4.78, 5) is 31.6. The number of phosphoric acid groups is 1. The summed E-state index contributed by atoms with van der Waals surface area (Å²) in [6.45, 7) is -0.132. The smallest absolute Gasteiger partial charge is 0.173 e. The van der Waals surface area contributed by atoms with Gasteiger partial charge >= 0.3 is 0 Å². The summed E-state index contributed by atoms with van der Waals surface area (Å²) in [6, 6.07) is -1.54. The molecule has 20 heavy (non-hydrogen) atoms. The van der Waals surface area contributed by atoms with Crippen molar-refractivity contribution in [3.05, 3.63) is 0 Å². The number of rotatable bonds is 5. The largest absolute Gasteiger partial charge is 0.790 e. The number of hydrogen-bond donors (Lipinski definition) is 4. The van der Waals surface area contributed by atoms with Gasteiger partial charge in [-0.25, -0.2) is 0 Å². The number of hydrogen-bond acceptors (Lipinski definition) is 10. The van der Waals surface area contributed by atoms with E-state index >= 15 is 0 Å². The van der Waals surface area contributed by atoms with Gasteiger partial charge in [-0.15, -0.1) is 0 Å². The Morgan fingerprint density at radius 1 is 1.20 bits per heavy atom. The van der Waals surface area contributed by atoms with Crippen LogP contribution in [-0.2, 0) is 18.4 Å². The van der Waals surface area contributed by atoms with Crippen molar-refractivity contribution in [3.8, 4) is 0 Å². The second-order valence-electron chi connectivity index (χ2n) is 4.29. The Labute approximate surface area is 113 Å². The fourth-order valence-corrected chi connectivity index (χ4v) is 2.81. The monoisotopic (exact) mass is 334 g/mol. The lowest BCUT2D eigenvalue weighted by Gasteiger charge is -2.43. The molecule has 0 aliphatic carbocycles. The SMILES string of the molecule is CP(=O)([O-])N[C@@H]1[C@@H](O)[C@H](O)[C@@H](COP(=O)([O-])[O-])O[C@@H]1O. The zero-order valence-corrected chi connectivity index (χ0v) is 12.0. The Hall–Kier alpha value is 0.1000. The Bertz CT molecular complexity index is 418. The maximum Gasteiger partial charge on any atom is 0.173 e. The zero-order chi connectivity index (χ0) is 15.7. The average Bonchev–Trinajstić information content (AvgIpc) is 2.25. The van der Waals surface area contributed by atoms with E-state index in [0.29, 0.717) is 0 Å². The van der Waals surface area contributed by atoms with E-state index in [-0.39, 0.29) is 0 Å². The minimum Gasteiger partial charge on any atom is -0.790 e. The van der Waals surface area contributed by atoms with Crippen LogP contribution >= 0.6 is 15.3 Å². The van der Waals surface area contributed by atoms with Gasteiger partial charge < -0.3 is 48.4 Å². The molecule has 13 heteroatoms. The maximum atomic E-state index is 11.0. The van der Waals surface area contributed by atoms with E-state index in [0.717, 1.165) is 6.66 Å². The summed E-state index contributed by atoms with van der Waals surface area (Å²) >= 11 is 0. The highest BCUT2D eigenvalue weighted by Gasteiger charge is 2.44. The van der Waals surface area contributed by atoms with Crippen LogP contribution in [0.5, 0.6) is 0 Å². The highest BCUT2D eigenvalue weighted by molar-refractivity contribution is 7.53. The molecule has 0 spiro atoms. The number of ether oxygens (including phenoxy) is 1. The second-order valence-corrected chi connectivity index (χ2v) is 7.39. The molecule has 0 aromatic heterocycles. The summed E-state index contributed by atoms with van der Waals surface area (Å²) in [7, 11) is -9.40. The van der Waals surface area contributed by atoms with E-state index in [4.69, 9.17) is 4.74 Å². The molecule has 1 heterocycles. The Morgan fingerprint density at radius 2 is 1.75 bits per heavy atom. The predicted octanol–water partition coefficient (Wildman–Crippen LogP) is -4.59. The fourth-order valence-electron chi connectivity index (χ4n) is 1.66. The van der Waals surface area contributed by atoms with E-state index in [2.05, 4.69) is 4.52 Å². The first-order valence-electron chi connectivity index (χ1n) is 5.33. The molecule has 0 aromatic carbocycles. The van der Waals surface area contributed by atoms with Crippen molar-refractivity contribution < 1.29 is 48.4 Å². The molecule has 1 rings (SSSR count). The zero-order valence-electron chi connectivity index (χ0n) is 10.2. The van der Waals surface area contributed by atoms with Crippen molar-refractivity contribution in [3.63, 3.8) is 0 Å². The van der Waals surface area contributed by atoms with Crippen LogP contribution in [0.1, 0.15) is 0 Å². The molecule has 0 saturated carbocycles. The van der Waals surface area contributed by atoms with Gasteiger partial charge in [0.2, 0.25) is 0 Å². The fraction of sp³-hybridized carbons (Fsp3) is 1.00. The lowest BCUT2D eigenvalue weighted by Crippen LogP contribution is -2.63. The van der Waals surface area contributed by atoms with E-state index < -0.39 is 52.6 Å². The number of aliphatic hydroxyl groups excluding tert-OH is 3. The number of phosphoric ester groups is 1. The minimum absolute atomic E-state index is 0.791. The first kappa shape index (κ1) is 18.1. The number of nitrogens with one attached hydrogen (secondary N) is 1. The molecule has 6 atom stereocenters. The van der Waals surface area contributed by atoms with E-state index in [1.165, 1.54) is 0 Å². The van der Waals surface area contributed by atoms with Crippen molar-refractivity contribution in [2.24, 2.45) is 0 Å². The molecular weight excluding hydrogens is 320 g/mol. The van der Waals surface area contributed by atoms with Crippen LogP contribution in [0.3, 0.4) is 0 Å². The van der Waals surface area contributed by atoms with Crippen molar-refractivity contribution in [1.29, 1.82) is 0 Å². The quantitative estimate of drug-likeness (QED) is 0.353. The third-order valence-electron chi connectivity index (χ3n) is 2.50. The Balaban J connectivity index is 2.71. The predicted molar refractivity (Wildman–Crippen MR) is 56.9 cm³/mol. The minimum atomic E-state index is -5.31. The lowest BCUT2D eigenvalue weighted by atomic mass is 9.98. The topological polar surface area (TPSA) is 194 Å². The van der Waals surface area contributed by atoms with Gasteiger partial charge in [-0.2, -0.15) is 0 Å². The van der Waals surface area contributed by atoms with Crippen LogP contribution in [0.4, 0.5) is 0 Å². The standard InChI is InChI=1S/C7H17NO10P2/c1-19(12,13)8-4-6(10)5(9)3(18-7(4)11)2-17-20(14,15)16/h3-7,9-11H,2H2,1H3,(H2,8,12,13)(H2,14,15,16)/p-3/t3-,4-,5-,6-,7+/m1/s1. The molecule has 1 unspecified atom stereocenters. The molecule has 1 aliphatic heterocycles. The molecule has 4 N–H and O–H groups in total. The summed E-state index contributed by atoms with van der Waals surface area (Å²) in [5.41, 5.74) is 0. The molecule has 1 saturated heterocycles. The molecule has 11 nitrogen and oxygen atoms in total. The molecule has 1 aliphatic rings.